The van der Waals surface area contributed by atoms with Crippen LogP contribution in [0.5, 0.6) is 5.88 Å². The molecule has 0 amide bonds. The van der Waals surface area contributed by atoms with E-state index < -0.39 is 0 Å². The lowest BCUT2D eigenvalue weighted by molar-refractivity contribution is 0.399. The van der Waals surface area contributed by atoms with Gasteiger partial charge in [-0.3, -0.25) is 0 Å². The number of pyridine rings is 2. The van der Waals surface area contributed by atoms with Gasteiger partial charge in [0.25, 0.3) is 0 Å². The van der Waals surface area contributed by atoms with Gasteiger partial charge in [0.05, 0.1) is 12.6 Å². The van der Waals surface area contributed by atoms with Crippen LogP contribution in [0.4, 0.5) is 0 Å². The molecule has 17 heavy (non-hydrogen) atoms. The molecule has 0 unspecified atom stereocenters. The first-order chi connectivity index (χ1) is 8.28. The van der Waals surface area contributed by atoms with E-state index in [2.05, 4.69) is 9.97 Å². The SMILES string of the molecule is COc1ccc2ccc3ccc(Cl)nc3c2n1. The molecule has 0 spiro atoms. The predicted molar refractivity (Wildman–Crippen MR) is 68.6 cm³/mol. The van der Waals surface area contributed by atoms with E-state index in [4.69, 9.17) is 16.3 Å². The summed E-state index contributed by atoms with van der Waals surface area (Å²) in [6.07, 6.45) is 0. The number of rotatable bonds is 1. The number of halogens is 1. The van der Waals surface area contributed by atoms with Gasteiger partial charge < -0.3 is 4.74 Å². The molecule has 0 saturated heterocycles. The third-order valence-electron chi connectivity index (χ3n) is 2.67. The summed E-state index contributed by atoms with van der Waals surface area (Å²) in [7, 11) is 1.60. The number of methoxy groups -OCH3 is 1. The second-order valence-electron chi connectivity index (χ2n) is 3.70. The smallest absolute Gasteiger partial charge is 0.213 e. The molecule has 0 N–H and O–H groups in total. The van der Waals surface area contributed by atoms with Crippen LogP contribution in [0, 0.1) is 0 Å². The Morgan fingerprint density at radius 2 is 1.47 bits per heavy atom. The third kappa shape index (κ3) is 1.68. The van der Waals surface area contributed by atoms with Crippen LogP contribution in [0.3, 0.4) is 0 Å². The van der Waals surface area contributed by atoms with Gasteiger partial charge in [-0.1, -0.05) is 23.7 Å². The Bertz CT molecular complexity index is 712. The van der Waals surface area contributed by atoms with Gasteiger partial charge in [-0.05, 0) is 18.2 Å². The summed E-state index contributed by atoms with van der Waals surface area (Å²) in [6.45, 7) is 0. The third-order valence-corrected chi connectivity index (χ3v) is 2.88. The number of aromatic nitrogens is 2. The Morgan fingerprint density at radius 3 is 2.18 bits per heavy atom. The first-order valence-electron chi connectivity index (χ1n) is 5.18. The number of hydrogen-bond acceptors (Lipinski definition) is 3. The van der Waals surface area contributed by atoms with Crippen molar-refractivity contribution < 1.29 is 4.74 Å². The second kappa shape index (κ2) is 3.86. The van der Waals surface area contributed by atoms with Crippen LogP contribution >= 0.6 is 11.6 Å². The summed E-state index contributed by atoms with van der Waals surface area (Å²) in [6, 6.07) is 11.5. The van der Waals surface area contributed by atoms with E-state index in [0.29, 0.717) is 11.0 Å². The van der Waals surface area contributed by atoms with E-state index in [1.54, 1.807) is 13.2 Å². The Hall–Kier alpha value is -1.87. The van der Waals surface area contributed by atoms with Gasteiger partial charge in [0.1, 0.15) is 10.7 Å². The fraction of sp³-hybridized carbons (Fsp3) is 0.0769. The summed E-state index contributed by atoms with van der Waals surface area (Å²) in [5.41, 5.74) is 1.61. The molecule has 0 fully saturated rings. The number of nitrogens with zero attached hydrogens (tertiary/aromatic N) is 2. The second-order valence-corrected chi connectivity index (χ2v) is 4.08. The average Bonchev–Trinajstić information content (AvgIpc) is 2.38. The van der Waals surface area contributed by atoms with Crippen LogP contribution < -0.4 is 4.74 Å². The molecule has 0 aliphatic carbocycles. The zero-order chi connectivity index (χ0) is 11.8. The minimum absolute atomic E-state index is 0.467. The fourth-order valence-corrected chi connectivity index (χ4v) is 1.99. The maximum absolute atomic E-state index is 5.92. The highest BCUT2D eigenvalue weighted by atomic mass is 35.5. The fourth-order valence-electron chi connectivity index (χ4n) is 1.84. The van der Waals surface area contributed by atoms with Crippen molar-refractivity contribution in [2.45, 2.75) is 0 Å². The first kappa shape index (κ1) is 10.3. The van der Waals surface area contributed by atoms with Crippen molar-refractivity contribution in [2.24, 2.45) is 0 Å². The quantitative estimate of drug-likeness (QED) is 0.486. The van der Waals surface area contributed by atoms with E-state index in [1.165, 1.54) is 0 Å². The van der Waals surface area contributed by atoms with Crippen molar-refractivity contribution in [1.82, 2.24) is 9.97 Å². The molecule has 84 valence electrons. The van der Waals surface area contributed by atoms with Gasteiger partial charge in [0.2, 0.25) is 5.88 Å². The minimum atomic E-state index is 0.467. The van der Waals surface area contributed by atoms with Gasteiger partial charge in [-0.25, -0.2) is 9.97 Å². The zero-order valence-electron chi connectivity index (χ0n) is 9.14. The molecule has 3 rings (SSSR count). The molecule has 1 aromatic carbocycles. The van der Waals surface area contributed by atoms with Crippen LogP contribution in [-0.4, -0.2) is 17.1 Å². The van der Waals surface area contributed by atoms with Gasteiger partial charge in [0, 0.05) is 16.8 Å². The van der Waals surface area contributed by atoms with E-state index in [9.17, 15) is 0 Å². The summed E-state index contributed by atoms with van der Waals surface area (Å²) in [5.74, 6) is 0.576. The molecule has 0 bridgehead atoms. The van der Waals surface area contributed by atoms with Gasteiger partial charge in [0.15, 0.2) is 0 Å². The first-order valence-corrected chi connectivity index (χ1v) is 5.56. The van der Waals surface area contributed by atoms with Crippen molar-refractivity contribution in [3.05, 3.63) is 41.6 Å². The highest BCUT2D eigenvalue weighted by Crippen LogP contribution is 2.25. The monoisotopic (exact) mass is 244 g/mol. The van der Waals surface area contributed by atoms with Crippen LogP contribution in [0.1, 0.15) is 0 Å². The Balaban J connectivity index is 2.47. The molecule has 3 nitrogen and oxygen atoms in total. The van der Waals surface area contributed by atoms with Crippen molar-refractivity contribution in [3.63, 3.8) is 0 Å². The molecular formula is C13H9ClN2O. The zero-order valence-corrected chi connectivity index (χ0v) is 9.90. The van der Waals surface area contributed by atoms with Crippen molar-refractivity contribution in [1.29, 1.82) is 0 Å². The van der Waals surface area contributed by atoms with Gasteiger partial charge in [-0.2, -0.15) is 0 Å². The number of benzene rings is 1. The summed E-state index contributed by atoms with van der Waals surface area (Å²) in [5, 5.41) is 2.50. The standard InChI is InChI=1S/C13H9ClN2O/c1-17-11-7-5-9-3-2-8-4-6-10(14)15-12(8)13(9)16-11/h2-7H,1H3. The molecule has 3 aromatic rings. The predicted octanol–water partition coefficient (Wildman–Crippen LogP) is 3.45. The Morgan fingerprint density at radius 1 is 0.882 bits per heavy atom. The Labute approximate surface area is 103 Å². The topological polar surface area (TPSA) is 35.0 Å². The van der Waals surface area contributed by atoms with Gasteiger partial charge >= 0.3 is 0 Å². The summed E-state index contributed by atoms with van der Waals surface area (Å²) >= 11 is 5.92. The van der Waals surface area contributed by atoms with Crippen LogP contribution in [0.15, 0.2) is 36.4 Å². The molecule has 0 atom stereocenters. The van der Waals surface area contributed by atoms with Crippen molar-refractivity contribution in [3.8, 4) is 5.88 Å². The molecule has 0 radical (unpaired) electrons. The Kier molecular flexibility index (Phi) is 2.34. The van der Waals surface area contributed by atoms with Crippen LogP contribution in [-0.2, 0) is 0 Å². The summed E-state index contributed by atoms with van der Waals surface area (Å²) < 4.78 is 5.13. The van der Waals surface area contributed by atoms with Gasteiger partial charge in [-0.15, -0.1) is 0 Å². The average molecular weight is 245 g/mol. The highest BCUT2D eigenvalue weighted by Gasteiger charge is 2.05. The van der Waals surface area contributed by atoms with Crippen molar-refractivity contribution in [2.75, 3.05) is 7.11 Å². The van der Waals surface area contributed by atoms with Crippen molar-refractivity contribution >= 4 is 33.4 Å². The maximum Gasteiger partial charge on any atom is 0.213 e. The lowest BCUT2D eigenvalue weighted by atomic mass is 10.1. The number of ether oxygens (including phenoxy) is 1. The molecule has 0 aliphatic heterocycles. The normalized spacial score (nSPS) is 10.9. The van der Waals surface area contributed by atoms with Crippen LogP contribution in [0.25, 0.3) is 21.8 Å². The molecule has 0 aliphatic rings. The lowest BCUT2D eigenvalue weighted by Gasteiger charge is -2.04. The summed E-state index contributed by atoms with van der Waals surface area (Å²) in [4.78, 5) is 8.75. The molecule has 2 heterocycles. The maximum atomic E-state index is 5.92. The molecule has 0 saturated carbocycles. The largest absolute Gasteiger partial charge is 0.481 e. The van der Waals surface area contributed by atoms with Crippen LogP contribution in [0.2, 0.25) is 5.15 Å². The van der Waals surface area contributed by atoms with E-state index in [-0.39, 0.29) is 0 Å². The highest BCUT2D eigenvalue weighted by molar-refractivity contribution is 6.30. The van der Waals surface area contributed by atoms with E-state index in [1.807, 2.05) is 30.3 Å². The number of hydrogen-bond donors (Lipinski definition) is 0. The minimum Gasteiger partial charge on any atom is -0.481 e. The number of fused-ring (bicyclic) bond motifs is 3. The molecule has 2 aromatic heterocycles. The lowest BCUT2D eigenvalue weighted by Crippen LogP contribution is -1.90. The molecule has 4 heteroatoms. The van der Waals surface area contributed by atoms with E-state index in [0.717, 1.165) is 21.8 Å². The molecular weight excluding hydrogens is 236 g/mol. The van der Waals surface area contributed by atoms with E-state index >= 15 is 0 Å².